The number of carbonyl (C=O) groups excluding carboxylic acids is 1. The van der Waals surface area contributed by atoms with Crippen molar-refractivity contribution in [1.82, 2.24) is 14.5 Å². The molecule has 1 aliphatic carbocycles. The SMILES string of the molecule is Cn1c(CC(=O)NC2CCOCC2)c2n(c1=S)C[C@@]1(c3cc(Cl)ccc3F)CC21. The first-order valence-corrected chi connectivity index (χ1v) is 10.8. The summed E-state index contributed by atoms with van der Waals surface area (Å²) in [5, 5.41) is 3.67. The minimum Gasteiger partial charge on any atom is -0.381 e. The maximum atomic E-state index is 14.6. The highest BCUT2D eigenvalue weighted by molar-refractivity contribution is 7.71. The average molecular weight is 436 g/mol. The van der Waals surface area contributed by atoms with E-state index in [2.05, 4.69) is 9.88 Å². The Morgan fingerprint density at radius 3 is 2.93 bits per heavy atom. The minimum absolute atomic E-state index is 0.00276. The van der Waals surface area contributed by atoms with E-state index in [1.165, 1.54) is 6.07 Å². The van der Waals surface area contributed by atoms with Gasteiger partial charge in [-0.1, -0.05) is 11.6 Å². The van der Waals surface area contributed by atoms with Gasteiger partial charge in [0.25, 0.3) is 0 Å². The van der Waals surface area contributed by atoms with E-state index in [4.69, 9.17) is 28.6 Å². The molecule has 1 aromatic heterocycles. The normalized spacial score (nSPS) is 25.6. The lowest BCUT2D eigenvalue weighted by Crippen LogP contribution is -2.39. The molecule has 3 aliphatic rings. The molecular formula is C21H23ClFN3O2S. The predicted molar refractivity (Wildman–Crippen MR) is 110 cm³/mol. The number of amides is 1. The Kier molecular flexibility index (Phi) is 4.60. The second-order valence-electron chi connectivity index (χ2n) is 8.43. The Morgan fingerprint density at radius 2 is 2.17 bits per heavy atom. The number of carbonyl (C=O) groups is 1. The fraction of sp³-hybridized carbons (Fsp3) is 0.524. The number of benzene rings is 1. The van der Waals surface area contributed by atoms with Crippen molar-refractivity contribution in [1.29, 1.82) is 0 Å². The summed E-state index contributed by atoms with van der Waals surface area (Å²) >= 11 is 11.8. The molecule has 5 nitrogen and oxygen atoms in total. The molecule has 8 heteroatoms. The zero-order valence-electron chi connectivity index (χ0n) is 16.2. The highest BCUT2D eigenvalue weighted by Crippen LogP contribution is 2.66. The molecular weight excluding hydrogens is 413 g/mol. The highest BCUT2D eigenvalue weighted by Gasteiger charge is 2.63. The standard InChI is InChI=1S/C21H23ClFN3O2S/c1-25-17(9-18(27)24-13-4-6-28-7-5-13)19-15-10-21(15,11-26(19)20(25)29)14-8-12(22)2-3-16(14)23/h2-3,8,13,15H,4-7,9-11H2,1H3,(H,24,27)/t15?,21-/m1/s1. The molecule has 1 N–H and O–H groups in total. The fourth-order valence-corrected chi connectivity index (χ4v) is 5.58. The molecule has 3 heterocycles. The molecule has 1 saturated carbocycles. The first-order chi connectivity index (χ1) is 13.9. The van der Waals surface area contributed by atoms with Crippen LogP contribution in [-0.4, -0.2) is 34.3 Å². The monoisotopic (exact) mass is 435 g/mol. The Balaban J connectivity index is 1.42. The van der Waals surface area contributed by atoms with Crippen molar-refractivity contribution in [3.63, 3.8) is 0 Å². The molecule has 154 valence electrons. The summed E-state index contributed by atoms with van der Waals surface area (Å²) in [6.07, 6.45) is 2.83. The summed E-state index contributed by atoms with van der Waals surface area (Å²) in [4.78, 5) is 12.7. The number of nitrogens with zero attached hydrogens (tertiary/aromatic N) is 2. The van der Waals surface area contributed by atoms with E-state index in [-0.39, 0.29) is 35.5 Å². The van der Waals surface area contributed by atoms with Gasteiger partial charge >= 0.3 is 0 Å². The van der Waals surface area contributed by atoms with Crippen LogP contribution in [0.15, 0.2) is 18.2 Å². The fourth-order valence-electron chi connectivity index (χ4n) is 5.13. The van der Waals surface area contributed by atoms with Crippen LogP contribution >= 0.6 is 23.8 Å². The molecule has 2 fully saturated rings. The van der Waals surface area contributed by atoms with Crippen LogP contribution in [0, 0.1) is 10.6 Å². The van der Waals surface area contributed by atoms with Crippen molar-refractivity contribution in [2.24, 2.45) is 7.05 Å². The largest absolute Gasteiger partial charge is 0.381 e. The van der Waals surface area contributed by atoms with E-state index in [0.717, 1.165) is 30.7 Å². The number of imidazole rings is 1. The van der Waals surface area contributed by atoms with Crippen molar-refractivity contribution in [3.8, 4) is 0 Å². The molecule has 2 atom stereocenters. The Labute approximate surface area is 178 Å². The van der Waals surface area contributed by atoms with Gasteiger partial charge in [-0.05, 0) is 55.2 Å². The zero-order chi connectivity index (χ0) is 20.3. The first kappa shape index (κ1) is 19.3. The number of rotatable bonds is 4. The van der Waals surface area contributed by atoms with E-state index in [1.54, 1.807) is 12.1 Å². The van der Waals surface area contributed by atoms with Gasteiger partial charge < -0.3 is 19.2 Å². The maximum Gasteiger partial charge on any atom is 0.226 e. The molecule has 0 radical (unpaired) electrons. The van der Waals surface area contributed by atoms with Crippen molar-refractivity contribution in [2.75, 3.05) is 13.2 Å². The third-order valence-corrected chi connectivity index (χ3v) is 7.46. The van der Waals surface area contributed by atoms with Crippen LogP contribution in [0.4, 0.5) is 4.39 Å². The van der Waals surface area contributed by atoms with Gasteiger partial charge in [0.1, 0.15) is 5.82 Å². The molecule has 29 heavy (non-hydrogen) atoms. The summed E-state index contributed by atoms with van der Waals surface area (Å²) in [5.41, 5.74) is 2.39. The lowest BCUT2D eigenvalue weighted by Gasteiger charge is -2.23. The molecule has 1 unspecified atom stereocenters. The average Bonchev–Trinajstić information content (AvgIpc) is 3.26. The van der Waals surface area contributed by atoms with Gasteiger partial charge in [-0.3, -0.25) is 4.79 Å². The van der Waals surface area contributed by atoms with Gasteiger partial charge in [0.15, 0.2) is 4.77 Å². The van der Waals surface area contributed by atoms with Gasteiger partial charge in [-0.2, -0.15) is 0 Å². The van der Waals surface area contributed by atoms with E-state index < -0.39 is 0 Å². The van der Waals surface area contributed by atoms with Gasteiger partial charge in [-0.15, -0.1) is 0 Å². The quantitative estimate of drug-likeness (QED) is 0.746. The van der Waals surface area contributed by atoms with E-state index >= 15 is 0 Å². The van der Waals surface area contributed by atoms with Crippen LogP contribution in [-0.2, 0) is 35.0 Å². The Bertz CT molecular complexity index is 1060. The summed E-state index contributed by atoms with van der Waals surface area (Å²) in [6, 6.07) is 4.92. The number of nitrogens with one attached hydrogen (secondary N) is 1. The van der Waals surface area contributed by atoms with E-state index in [0.29, 0.717) is 35.1 Å². The molecule has 2 aromatic rings. The first-order valence-electron chi connectivity index (χ1n) is 10.0. The maximum absolute atomic E-state index is 14.6. The van der Waals surface area contributed by atoms with Crippen LogP contribution in [0.5, 0.6) is 0 Å². The zero-order valence-corrected chi connectivity index (χ0v) is 17.8. The molecule has 1 saturated heterocycles. The molecule has 0 bridgehead atoms. The number of ether oxygens (including phenoxy) is 1. The smallest absolute Gasteiger partial charge is 0.226 e. The minimum atomic E-state index is -0.294. The summed E-state index contributed by atoms with van der Waals surface area (Å²) in [5.74, 6) is -0.0519. The Morgan fingerprint density at radius 1 is 1.41 bits per heavy atom. The lowest BCUT2D eigenvalue weighted by molar-refractivity contribution is -0.121. The second-order valence-corrected chi connectivity index (χ2v) is 9.23. The third kappa shape index (κ3) is 3.05. The van der Waals surface area contributed by atoms with Crippen molar-refractivity contribution >= 4 is 29.7 Å². The number of hydrogen-bond acceptors (Lipinski definition) is 3. The predicted octanol–water partition coefficient (Wildman–Crippen LogP) is 3.63. The van der Waals surface area contributed by atoms with Gasteiger partial charge in [0, 0.05) is 60.6 Å². The molecule has 1 amide bonds. The second kappa shape index (κ2) is 6.93. The summed E-state index contributed by atoms with van der Waals surface area (Å²) < 4.78 is 24.7. The molecule has 1 aromatic carbocycles. The number of fused-ring (bicyclic) bond motifs is 3. The van der Waals surface area contributed by atoms with Crippen molar-refractivity contribution in [3.05, 3.63) is 50.8 Å². The summed E-state index contributed by atoms with van der Waals surface area (Å²) in [6.45, 7) is 2.01. The lowest BCUT2D eigenvalue weighted by atomic mass is 9.93. The molecule has 5 rings (SSSR count). The molecule has 2 aliphatic heterocycles. The third-order valence-electron chi connectivity index (χ3n) is 6.73. The van der Waals surface area contributed by atoms with E-state index in [9.17, 15) is 9.18 Å². The number of halogens is 2. The van der Waals surface area contributed by atoms with Crippen LogP contribution < -0.4 is 5.32 Å². The van der Waals surface area contributed by atoms with Gasteiger partial charge in [-0.25, -0.2) is 4.39 Å². The van der Waals surface area contributed by atoms with Crippen LogP contribution in [0.2, 0.25) is 5.02 Å². The van der Waals surface area contributed by atoms with E-state index in [1.807, 2.05) is 11.6 Å². The van der Waals surface area contributed by atoms with Gasteiger partial charge in [0.05, 0.1) is 6.42 Å². The molecule has 0 spiro atoms. The number of hydrogen-bond donors (Lipinski definition) is 1. The number of aromatic nitrogens is 2. The summed E-state index contributed by atoms with van der Waals surface area (Å²) in [7, 11) is 1.91. The van der Waals surface area contributed by atoms with Crippen molar-refractivity contribution < 1.29 is 13.9 Å². The topological polar surface area (TPSA) is 48.2 Å². The van der Waals surface area contributed by atoms with Crippen molar-refractivity contribution in [2.45, 2.75) is 49.6 Å². The van der Waals surface area contributed by atoms with Crippen LogP contribution in [0.25, 0.3) is 0 Å². The Hall–Kier alpha value is -1.70. The van der Waals surface area contributed by atoms with Crippen LogP contribution in [0.1, 0.15) is 42.1 Å². The van der Waals surface area contributed by atoms with Gasteiger partial charge in [0.2, 0.25) is 5.91 Å². The highest BCUT2D eigenvalue weighted by atomic mass is 35.5. The van der Waals surface area contributed by atoms with Crippen LogP contribution in [0.3, 0.4) is 0 Å².